The molecule has 0 aromatic heterocycles. The Morgan fingerprint density at radius 2 is 1.38 bits per heavy atom. The molecule has 11 heteroatoms. The van der Waals surface area contributed by atoms with Gasteiger partial charge in [0.05, 0.1) is 0 Å². The Labute approximate surface area is 183 Å². The number of nitrogens with one attached hydrogen (secondary N) is 1. The SMILES string of the molecule is CCCCCCCCC(CCCNC(=O)Oc1c(F)c(F)c(F)c(F)c1F)C(O)(O)OC. The van der Waals surface area contributed by atoms with Gasteiger partial charge in [-0.25, -0.2) is 18.0 Å². The summed E-state index contributed by atoms with van der Waals surface area (Å²) in [6.07, 6.45) is 5.51. The van der Waals surface area contributed by atoms with Crippen molar-refractivity contribution in [2.45, 2.75) is 70.7 Å². The predicted octanol–water partition coefficient (Wildman–Crippen LogP) is 4.90. The van der Waals surface area contributed by atoms with E-state index in [0.717, 1.165) is 45.6 Å². The van der Waals surface area contributed by atoms with E-state index in [1.807, 2.05) is 0 Å². The van der Waals surface area contributed by atoms with Crippen molar-refractivity contribution in [3.05, 3.63) is 29.1 Å². The molecular formula is C21H30F5NO5. The van der Waals surface area contributed by atoms with Crippen LogP contribution in [0.4, 0.5) is 26.7 Å². The van der Waals surface area contributed by atoms with E-state index in [2.05, 4.69) is 17.0 Å². The number of benzene rings is 1. The molecule has 0 heterocycles. The molecule has 32 heavy (non-hydrogen) atoms. The van der Waals surface area contributed by atoms with Crippen LogP contribution in [-0.4, -0.2) is 35.9 Å². The fraction of sp³-hybridized carbons (Fsp3) is 0.667. The minimum absolute atomic E-state index is 0.110. The fourth-order valence-corrected chi connectivity index (χ4v) is 3.20. The highest BCUT2D eigenvalue weighted by Crippen LogP contribution is 2.29. The Hall–Kier alpha value is -1.98. The third kappa shape index (κ3) is 8.18. The molecule has 1 unspecified atom stereocenters. The zero-order valence-corrected chi connectivity index (χ0v) is 18.2. The lowest BCUT2D eigenvalue weighted by molar-refractivity contribution is -0.357. The van der Waals surface area contributed by atoms with Crippen LogP contribution in [0.1, 0.15) is 64.7 Å². The monoisotopic (exact) mass is 471 g/mol. The number of rotatable bonds is 14. The summed E-state index contributed by atoms with van der Waals surface area (Å²) < 4.78 is 75.4. The molecule has 0 aliphatic heterocycles. The molecule has 0 saturated heterocycles. The quantitative estimate of drug-likeness (QED) is 0.118. The Morgan fingerprint density at radius 1 is 0.875 bits per heavy atom. The Kier molecular flexibility index (Phi) is 11.9. The highest BCUT2D eigenvalue weighted by molar-refractivity contribution is 5.70. The third-order valence-electron chi connectivity index (χ3n) is 5.10. The second-order valence-electron chi connectivity index (χ2n) is 7.47. The number of hydrogen-bond acceptors (Lipinski definition) is 5. The highest BCUT2D eigenvalue weighted by atomic mass is 19.2. The Morgan fingerprint density at radius 3 is 1.94 bits per heavy atom. The number of carbonyl (C=O) groups is 1. The second kappa shape index (κ2) is 13.5. The van der Waals surface area contributed by atoms with Gasteiger partial charge < -0.3 is 25.0 Å². The zero-order chi connectivity index (χ0) is 24.3. The van der Waals surface area contributed by atoms with Crippen LogP contribution in [0.3, 0.4) is 0 Å². The van der Waals surface area contributed by atoms with Gasteiger partial charge in [-0.3, -0.25) is 0 Å². The van der Waals surface area contributed by atoms with E-state index < -0.39 is 52.8 Å². The van der Waals surface area contributed by atoms with Gasteiger partial charge in [0.25, 0.3) is 5.97 Å². The fourth-order valence-electron chi connectivity index (χ4n) is 3.20. The summed E-state index contributed by atoms with van der Waals surface area (Å²) in [6, 6.07) is 0. The summed E-state index contributed by atoms with van der Waals surface area (Å²) in [4.78, 5) is 11.7. The zero-order valence-electron chi connectivity index (χ0n) is 18.2. The summed E-state index contributed by atoms with van der Waals surface area (Å²) in [5.41, 5.74) is 0. The molecule has 0 saturated carbocycles. The Balaban J connectivity index is 2.54. The molecule has 0 aliphatic rings. The first-order valence-electron chi connectivity index (χ1n) is 10.5. The lowest BCUT2D eigenvalue weighted by Crippen LogP contribution is -2.40. The summed E-state index contributed by atoms with van der Waals surface area (Å²) in [5.74, 6) is -16.1. The van der Waals surface area contributed by atoms with Crippen molar-refractivity contribution >= 4 is 6.09 Å². The first-order valence-corrected chi connectivity index (χ1v) is 10.5. The van der Waals surface area contributed by atoms with Crippen LogP contribution in [-0.2, 0) is 4.74 Å². The number of unbranched alkanes of at least 4 members (excludes halogenated alkanes) is 5. The van der Waals surface area contributed by atoms with Crippen molar-refractivity contribution in [1.82, 2.24) is 5.32 Å². The topological polar surface area (TPSA) is 88.0 Å². The van der Waals surface area contributed by atoms with E-state index in [0.29, 0.717) is 6.42 Å². The summed E-state index contributed by atoms with van der Waals surface area (Å²) in [5, 5.41) is 22.1. The van der Waals surface area contributed by atoms with Crippen LogP contribution in [0.5, 0.6) is 5.75 Å². The summed E-state index contributed by atoms with van der Waals surface area (Å²) >= 11 is 0. The minimum Gasteiger partial charge on any atom is -0.404 e. The molecule has 1 rings (SSSR count). The van der Waals surface area contributed by atoms with E-state index in [9.17, 15) is 37.0 Å². The number of aliphatic hydroxyl groups is 2. The van der Waals surface area contributed by atoms with Crippen molar-refractivity contribution in [3.8, 4) is 5.75 Å². The van der Waals surface area contributed by atoms with Crippen LogP contribution in [0.25, 0.3) is 0 Å². The van der Waals surface area contributed by atoms with Crippen LogP contribution in [0, 0.1) is 35.0 Å². The van der Waals surface area contributed by atoms with Crippen LogP contribution in [0.2, 0.25) is 0 Å². The maximum Gasteiger partial charge on any atom is 0.412 e. The molecular weight excluding hydrogens is 441 g/mol. The van der Waals surface area contributed by atoms with Gasteiger partial charge in [-0.1, -0.05) is 45.4 Å². The maximum absolute atomic E-state index is 13.5. The minimum atomic E-state index is -2.36. The number of hydrogen-bond donors (Lipinski definition) is 3. The van der Waals surface area contributed by atoms with Crippen molar-refractivity contribution in [2.24, 2.45) is 5.92 Å². The molecule has 6 nitrogen and oxygen atoms in total. The molecule has 1 atom stereocenters. The number of methoxy groups -OCH3 is 1. The lowest BCUT2D eigenvalue weighted by Gasteiger charge is -2.29. The lowest BCUT2D eigenvalue weighted by atomic mass is 9.93. The number of halogens is 5. The van der Waals surface area contributed by atoms with Crippen molar-refractivity contribution in [3.63, 3.8) is 0 Å². The standard InChI is InChI=1S/C21H30F5NO5/c1-3-4-5-6-7-8-10-13(21(29,30)31-2)11-9-12-27-20(28)32-19-17(25)15(23)14(22)16(24)18(19)26/h13,29-30H,3-12H2,1-2H3,(H,27,28). The van der Waals surface area contributed by atoms with Crippen LogP contribution in [0.15, 0.2) is 0 Å². The summed E-state index contributed by atoms with van der Waals surface area (Å²) in [7, 11) is 1.15. The van der Waals surface area contributed by atoms with E-state index in [4.69, 9.17) is 4.74 Å². The predicted molar refractivity (Wildman–Crippen MR) is 105 cm³/mol. The normalized spacial score (nSPS) is 12.7. The van der Waals surface area contributed by atoms with Gasteiger partial charge in [0.2, 0.25) is 34.8 Å². The molecule has 0 aliphatic carbocycles. The third-order valence-corrected chi connectivity index (χ3v) is 5.10. The highest BCUT2D eigenvalue weighted by Gasteiger charge is 2.34. The molecule has 0 radical (unpaired) electrons. The van der Waals surface area contributed by atoms with E-state index in [-0.39, 0.29) is 19.4 Å². The first kappa shape index (κ1) is 28.1. The molecule has 1 aromatic carbocycles. The van der Waals surface area contributed by atoms with Gasteiger partial charge in [0, 0.05) is 19.6 Å². The Bertz CT molecular complexity index is 719. The van der Waals surface area contributed by atoms with E-state index >= 15 is 0 Å². The molecule has 1 aromatic rings. The molecule has 3 N–H and O–H groups in total. The second-order valence-corrected chi connectivity index (χ2v) is 7.47. The smallest absolute Gasteiger partial charge is 0.404 e. The van der Waals surface area contributed by atoms with Gasteiger partial charge in [0.1, 0.15) is 0 Å². The first-order chi connectivity index (χ1) is 15.1. The van der Waals surface area contributed by atoms with E-state index in [1.165, 1.54) is 0 Å². The van der Waals surface area contributed by atoms with E-state index in [1.54, 1.807) is 0 Å². The van der Waals surface area contributed by atoms with Gasteiger partial charge in [-0.2, -0.15) is 8.78 Å². The van der Waals surface area contributed by atoms with Crippen molar-refractivity contribution in [1.29, 1.82) is 0 Å². The van der Waals surface area contributed by atoms with Crippen molar-refractivity contribution < 1.29 is 46.4 Å². The van der Waals surface area contributed by atoms with Crippen molar-refractivity contribution in [2.75, 3.05) is 13.7 Å². The molecule has 1 amide bonds. The average molecular weight is 471 g/mol. The van der Waals surface area contributed by atoms with Crippen LogP contribution < -0.4 is 10.1 Å². The van der Waals surface area contributed by atoms with Gasteiger partial charge in [0.15, 0.2) is 0 Å². The number of carbonyl (C=O) groups excluding carboxylic acids is 1. The maximum atomic E-state index is 13.5. The largest absolute Gasteiger partial charge is 0.412 e. The van der Waals surface area contributed by atoms with Gasteiger partial charge in [-0.15, -0.1) is 0 Å². The number of amides is 1. The van der Waals surface area contributed by atoms with Gasteiger partial charge >= 0.3 is 6.09 Å². The van der Waals surface area contributed by atoms with Gasteiger partial charge in [-0.05, 0) is 19.3 Å². The summed E-state index contributed by atoms with van der Waals surface area (Å²) in [6.45, 7) is 1.99. The molecule has 0 bridgehead atoms. The average Bonchev–Trinajstić information content (AvgIpc) is 2.77. The molecule has 184 valence electrons. The molecule has 0 fully saturated rings. The van der Waals surface area contributed by atoms with Crippen LogP contribution >= 0.6 is 0 Å². The number of ether oxygens (including phenoxy) is 2. The molecule has 0 spiro atoms.